The molecule has 0 unspecified atom stereocenters. The summed E-state index contributed by atoms with van der Waals surface area (Å²) in [6, 6.07) is 4.77. The predicted molar refractivity (Wildman–Crippen MR) is 88.5 cm³/mol. The molecule has 6 heteroatoms. The summed E-state index contributed by atoms with van der Waals surface area (Å²) in [6.45, 7) is 6.99. The third-order valence-corrected chi connectivity index (χ3v) is 3.67. The molecule has 0 aliphatic heterocycles. The normalized spacial score (nSPS) is 10.6. The molecule has 0 saturated carbocycles. The number of esters is 1. The second kappa shape index (κ2) is 9.01. The lowest BCUT2D eigenvalue weighted by Gasteiger charge is -2.24. The highest BCUT2D eigenvalue weighted by molar-refractivity contribution is 6.42. The number of hydrogen-bond donors (Lipinski definition) is 0. The van der Waals surface area contributed by atoms with E-state index in [-0.39, 0.29) is 24.2 Å². The first-order valence-corrected chi connectivity index (χ1v) is 8.00. The Morgan fingerprint density at radius 2 is 1.91 bits per heavy atom. The molecule has 1 amide bonds. The molecule has 0 aliphatic rings. The second-order valence-electron chi connectivity index (χ2n) is 5.33. The van der Waals surface area contributed by atoms with Gasteiger partial charge < -0.3 is 9.64 Å². The summed E-state index contributed by atoms with van der Waals surface area (Å²) in [5.74, 6) is -0.191. The Morgan fingerprint density at radius 1 is 1.23 bits per heavy atom. The van der Waals surface area contributed by atoms with E-state index in [0.717, 1.165) is 0 Å². The Hall–Kier alpha value is -1.26. The number of nitrogens with zero attached hydrogens (tertiary/aromatic N) is 1. The van der Waals surface area contributed by atoms with Crippen molar-refractivity contribution in [3.63, 3.8) is 0 Å². The van der Waals surface area contributed by atoms with Crippen LogP contribution < -0.4 is 0 Å². The molecule has 0 aromatic heterocycles. The van der Waals surface area contributed by atoms with Crippen molar-refractivity contribution in [1.29, 1.82) is 0 Å². The third kappa shape index (κ3) is 5.85. The maximum Gasteiger partial charge on any atom is 0.307 e. The van der Waals surface area contributed by atoms with Crippen LogP contribution in [0.25, 0.3) is 0 Å². The zero-order chi connectivity index (χ0) is 16.7. The van der Waals surface area contributed by atoms with Gasteiger partial charge in [-0.3, -0.25) is 9.59 Å². The van der Waals surface area contributed by atoms with Crippen LogP contribution in [0.2, 0.25) is 10.0 Å². The van der Waals surface area contributed by atoms with Gasteiger partial charge in [-0.2, -0.15) is 0 Å². The van der Waals surface area contributed by atoms with Gasteiger partial charge in [0.1, 0.15) is 0 Å². The molecular formula is C16H21Cl2NO3. The van der Waals surface area contributed by atoms with Gasteiger partial charge in [0.2, 0.25) is 0 Å². The van der Waals surface area contributed by atoms with Crippen LogP contribution >= 0.6 is 23.2 Å². The molecule has 1 aromatic rings. The number of hydrogen-bond acceptors (Lipinski definition) is 3. The first-order valence-electron chi connectivity index (χ1n) is 7.25. The fourth-order valence-electron chi connectivity index (χ4n) is 1.99. The highest BCUT2D eigenvalue weighted by atomic mass is 35.5. The lowest BCUT2D eigenvalue weighted by molar-refractivity contribution is -0.143. The molecule has 4 nitrogen and oxygen atoms in total. The van der Waals surface area contributed by atoms with E-state index in [4.69, 9.17) is 27.9 Å². The molecule has 0 bridgehead atoms. The van der Waals surface area contributed by atoms with Crippen LogP contribution in [-0.2, 0) is 9.53 Å². The molecule has 0 fully saturated rings. The lowest BCUT2D eigenvalue weighted by Crippen LogP contribution is -2.36. The number of benzene rings is 1. The number of ether oxygens (including phenoxy) is 1. The third-order valence-electron chi connectivity index (χ3n) is 2.93. The summed E-state index contributed by atoms with van der Waals surface area (Å²) in [4.78, 5) is 25.7. The molecule has 22 heavy (non-hydrogen) atoms. The smallest absolute Gasteiger partial charge is 0.307 e. The number of carbonyl (C=O) groups excluding carboxylic acids is 2. The van der Waals surface area contributed by atoms with Crippen molar-refractivity contribution in [3.05, 3.63) is 33.8 Å². The molecule has 0 heterocycles. The molecule has 0 saturated heterocycles. The van der Waals surface area contributed by atoms with Gasteiger partial charge >= 0.3 is 5.97 Å². The van der Waals surface area contributed by atoms with Crippen LogP contribution in [0, 0.1) is 5.92 Å². The van der Waals surface area contributed by atoms with Gasteiger partial charge in [-0.15, -0.1) is 0 Å². The van der Waals surface area contributed by atoms with E-state index in [1.807, 2.05) is 13.8 Å². The Bertz CT molecular complexity index is 532. The highest BCUT2D eigenvalue weighted by Crippen LogP contribution is 2.23. The van der Waals surface area contributed by atoms with E-state index in [9.17, 15) is 9.59 Å². The van der Waals surface area contributed by atoms with Gasteiger partial charge in [-0.05, 0) is 31.0 Å². The molecule has 0 spiro atoms. The van der Waals surface area contributed by atoms with Crippen molar-refractivity contribution in [3.8, 4) is 0 Å². The predicted octanol–water partition coefficient (Wildman–Crippen LogP) is 4.04. The first-order chi connectivity index (χ1) is 10.3. The largest absolute Gasteiger partial charge is 0.466 e. The lowest BCUT2D eigenvalue weighted by atomic mass is 10.1. The van der Waals surface area contributed by atoms with Gasteiger partial charge in [-0.25, -0.2) is 0 Å². The average molecular weight is 346 g/mol. The van der Waals surface area contributed by atoms with Crippen molar-refractivity contribution in [2.45, 2.75) is 27.2 Å². The van der Waals surface area contributed by atoms with Crippen LogP contribution in [0.4, 0.5) is 0 Å². The molecular weight excluding hydrogens is 325 g/mol. The van der Waals surface area contributed by atoms with Crippen LogP contribution in [0.3, 0.4) is 0 Å². The van der Waals surface area contributed by atoms with Gasteiger partial charge in [-0.1, -0.05) is 37.0 Å². The fourth-order valence-corrected chi connectivity index (χ4v) is 2.29. The van der Waals surface area contributed by atoms with E-state index in [0.29, 0.717) is 35.3 Å². The Balaban J connectivity index is 2.83. The summed E-state index contributed by atoms with van der Waals surface area (Å²) in [7, 11) is 0. The van der Waals surface area contributed by atoms with E-state index in [2.05, 4.69) is 0 Å². The molecule has 0 radical (unpaired) electrons. The average Bonchev–Trinajstić information content (AvgIpc) is 2.45. The minimum Gasteiger partial charge on any atom is -0.466 e. The molecule has 1 aromatic carbocycles. The number of carbonyl (C=O) groups is 2. The monoisotopic (exact) mass is 345 g/mol. The van der Waals surface area contributed by atoms with Crippen LogP contribution in [-0.4, -0.2) is 36.5 Å². The summed E-state index contributed by atoms with van der Waals surface area (Å²) < 4.78 is 4.90. The van der Waals surface area contributed by atoms with Crippen molar-refractivity contribution >= 4 is 35.1 Å². The second-order valence-corrected chi connectivity index (χ2v) is 6.14. The topological polar surface area (TPSA) is 46.6 Å². The minimum absolute atomic E-state index is 0.170. The summed E-state index contributed by atoms with van der Waals surface area (Å²) >= 11 is 11.8. The zero-order valence-corrected chi connectivity index (χ0v) is 14.6. The van der Waals surface area contributed by atoms with Crippen LogP contribution in [0.1, 0.15) is 37.6 Å². The Morgan fingerprint density at radius 3 is 2.45 bits per heavy atom. The van der Waals surface area contributed by atoms with Crippen molar-refractivity contribution in [1.82, 2.24) is 4.90 Å². The maximum atomic E-state index is 12.6. The summed E-state index contributed by atoms with van der Waals surface area (Å²) in [5.41, 5.74) is 0.457. The van der Waals surface area contributed by atoms with Gasteiger partial charge in [0.25, 0.3) is 5.91 Å². The van der Waals surface area contributed by atoms with Crippen molar-refractivity contribution < 1.29 is 14.3 Å². The minimum atomic E-state index is -0.307. The van der Waals surface area contributed by atoms with E-state index >= 15 is 0 Å². The number of amides is 1. The number of halogens is 2. The fraction of sp³-hybridized carbons (Fsp3) is 0.500. The van der Waals surface area contributed by atoms with E-state index < -0.39 is 0 Å². The summed E-state index contributed by atoms with van der Waals surface area (Å²) in [5, 5.41) is 0.738. The molecule has 122 valence electrons. The van der Waals surface area contributed by atoms with E-state index in [1.54, 1.807) is 30.0 Å². The van der Waals surface area contributed by atoms with Gasteiger partial charge in [0.15, 0.2) is 0 Å². The Kier molecular flexibility index (Phi) is 7.69. The number of rotatable bonds is 7. The zero-order valence-electron chi connectivity index (χ0n) is 13.1. The molecule has 0 N–H and O–H groups in total. The summed E-state index contributed by atoms with van der Waals surface area (Å²) in [6.07, 6.45) is 0.174. The quantitative estimate of drug-likeness (QED) is 0.700. The standard InChI is InChI=1S/C16H21Cl2NO3/c1-4-22-15(20)7-8-19(10-11(2)3)16(21)12-5-6-13(17)14(18)9-12/h5-6,9,11H,4,7-8,10H2,1-3H3. The van der Waals surface area contributed by atoms with Crippen molar-refractivity contribution in [2.75, 3.05) is 19.7 Å². The molecule has 0 aliphatic carbocycles. The van der Waals surface area contributed by atoms with Crippen LogP contribution in [0.5, 0.6) is 0 Å². The maximum absolute atomic E-state index is 12.6. The first kappa shape index (κ1) is 18.8. The van der Waals surface area contributed by atoms with Gasteiger partial charge in [0, 0.05) is 18.7 Å². The molecule has 1 rings (SSSR count). The molecule has 0 atom stereocenters. The van der Waals surface area contributed by atoms with Crippen molar-refractivity contribution in [2.24, 2.45) is 5.92 Å². The van der Waals surface area contributed by atoms with E-state index in [1.165, 1.54) is 0 Å². The highest BCUT2D eigenvalue weighted by Gasteiger charge is 2.19. The van der Waals surface area contributed by atoms with Crippen LogP contribution in [0.15, 0.2) is 18.2 Å². The SMILES string of the molecule is CCOC(=O)CCN(CC(C)C)C(=O)c1ccc(Cl)c(Cl)c1. The van der Waals surface area contributed by atoms with Gasteiger partial charge in [0.05, 0.1) is 23.1 Å². The Labute approximate surface area is 141 Å².